The number of thiazole rings is 1. The van der Waals surface area contributed by atoms with Crippen LogP contribution in [-0.4, -0.2) is 51.5 Å². The van der Waals surface area contributed by atoms with Gasteiger partial charge in [-0.25, -0.2) is 9.97 Å². The zero-order chi connectivity index (χ0) is 21.2. The molecule has 1 aliphatic heterocycles. The molecule has 2 aromatic heterocycles. The SMILES string of the molecule is [2H]C([2H])([2H])Oc1cc(O[C@@H]2C[C@H](C)N(Cc3sc(NC(C)=O)nc3F)C2)ncn1. The zero-order valence-electron chi connectivity index (χ0n) is 17.2. The molecule has 3 rings (SSSR count). The van der Waals surface area contributed by atoms with Crippen LogP contribution < -0.4 is 14.8 Å². The molecule has 8 nitrogen and oxygen atoms in total. The summed E-state index contributed by atoms with van der Waals surface area (Å²) in [5.41, 5.74) is 0. The average molecular weight is 384 g/mol. The van der Waals surface area contributed by atoms with Crippen LogP contribution in [0.4, 0.5) is 9.52 Å². The van der Waals surface area contributed by atoms with Crippen molar-refractivity contribution in [2.75, 3.05) is 18.9 Å². The predicted molar refractivity (Wildman–Crippen MR) is 93.9 cm³/mol. The van der Waals surface area contributed by atoms with E-state index >= 15 is 0 Å². The number of carbonyl (C=O) groups is 1. The van der Waals surface area contributed by atoms with Crippen molar-refractivity contribution < 1.29 is 22.8 Å². The first kappa shape index (κ1) is 14.8. The van der Waals surface area contributed by atoms with Gasteiger partial charge in [0.15, 0.2) is 5.13 Å². The zero-order valence-corrected chi connectivity index (χ0v) is 15.0. The van der Waals surface area contributed by atoms with E-state index in [1.165, 1.54) is 19.3 Å². The number of halogens is 1. The van der Waals surface area contributed by atoms with Gasteiger partial charge in [0, 0.05) is 32.5 Å². The highest BCUT2D eigenvalue weighted by atomic mass is 32.1. The number of nitrogens with zero attached hydrogens (tertiary/aromatic N) is 4. The molecule has 0 aromatic carbocycles. The highest BCUT2D eigenvalue weighted by molar-refractivity contribution is 7.15. The van der Waals surface area contributed by atoms with Crippen LogP contribution in [0, 0.1) is 5.95 Å². The average Bonchev–Trinajstić information content (AvgIpc) is 3.08. The number of carbonyl (C=O) groups excluding carboxylic acids is 1. The standard InChI is InChI=1S/C16H20FN5O3S/c1-9-4-11(25-14-5-13(24-3)18-8-19-14)6-22(9)7-12-15(17)21-16(26-12)20-10(2)23/h5,8-9,11H,4,6-7H2,1-3H3,(H,20,21,23)/t9-,11+/m0/s1/i3D3. The minimum atomic E-state index is -2.61. The van der Waals surface area contributed by atoms with Crippen LogP contribution in [0.5, 0.6) is 11.8 Å². The molecule has 3 heterocycles. The summed E-state index contributed by atoms with van der Waals surface area (Å²) in [6.07, 6.45) is 1.63. The van der Waals surface area contributed by atoms with Gasteiger partial charge >= 0.3 is 0 Å². The van der Waals surface area contributed by atoms with Crippen LogP contribution in [0.1, 0.15) is 29.3 Å². The first-order valence-corrected chi connectivity index (χ1v) is 8.75. The van der Waals surface area contributed by atoms with E-state index in [1.807, 2.05) is 11.8 Å². The molecule has 140 valence electrons. The van der Waals surface area contributed by atoms with E-state index in [0.717, 1.165) is 11.3 Å². The quantitative estimate of drug-likeness (QED) is 0.815. The van der Waals surface area contributed by atoms with Gasteiger partial charge in [-0.05, 0) is 6.92 Å². The van der Waals surface area contributed by atoms with Gasteiger partial charge in [0.05, 0.1) is 22.1 Å². The molecular weight excluding hydrogens is 361 g/mol. The van der Waals surface area contributed by atoms with Crippen LogP contribution in [-0.2, 0) is 11.3 Å². The lowest BCUT2D eigenvalue weighted by atomic mass is 10.2. The number of hydrogen-bond acceptors (Lipinski definition) is 8. The Morgan fingerprint density at radius 3 is 3.12 bits per heavy atom. The first-order valence-electron chi connectivity index (χ1n) is 9.43. The van der Waals surface area contributed by atoms with Crippen LogP contribution in [0.25, 0.3) is 0 Å². The van der Waals surface area contributed by atoms with Gasteiger partial charge < -0.3 is 14.8 Å². The smallest absolute Gasteiger partial charge is 0.230 e. The van der Waals surface area contributed by atoms with Gasteiger partial charge in [-0.2, -0.15) is 9.37 Å². The predicted octanol–water partition coefficient (Wildman–Crippen LogP) is 2.08. The fourth-order valence-corrected chi connectivity index (χ4v) is 3.70. The van der Waals surface area contributed by atoms with Crippen molar-refractivity contribution in [2.24, 2.45) is 0 Å². The number of amides is 1. The van der Waals surface area contributed by atoms with Crippen molar-refractivity contribution >= 4 is 22.4 Å². The number of ether oxygens (including phenoxy) is 2. The van der Waals surface area contributed by atoms with E-state index in [2.05, 4.69) is 20.3 Å². The minimum Gasteiger partial charge on any atom is -0.481 e. The molecule has 0 unspecified atom stereocenters. The normalized spacial score (nSPS) is 22.3. The first-order chi connectivity index (χ1) is 13.6. The number of aromatic nitrogens is 3. The summed E-state index contributed by atoms with van der Waals surface area (Å²) < 4.78 is 46.0. The van der Waals surface area contributed by atoms with Gasteiger partial charge in [0.1, 0.15) is 12.4 Å². The fraction of sp³-hybridized carbons (Fsp3) is 0.500. The Morgan fingerprint density at radius 2 is 2.35 bits per heavy atom. The number of rotatable bonds is 6. The maximum Gasteiger partial charge on any atom is 0.230 e. The Bertz CT molecular complexity index is 882. The van der Waals surface area contributed by atoms with E-state index in [1.54, 1.807) is 0 Å². The van der Waals surface area contributed by atoms with Crippen molar-refractivity contribution in [3.05, 3.63) is 23.2 Å². The largest absolute Gasteiger partial charge is 0.481 e. The molecule has 2 aromatic rings. The van der Waals surface area contributed by atoms with Crippen LogP contribution in [0.15, 0.2) is 12.4 Å². The van der Waals surface area contributed by atoms with E-state index in [0.29, 0.717) is 24.4 Å². The van der Waals surface area contributed by atoms with Gasteiger partial charge in [0.2, 0.25) is 23.6 Å². The topological polar surface area (TPSA) is 89.5 Å². The lowest BCUT2D eigenvalue weighted by molar-refractivity contribution is -0.114. The highest BCUT2D eigenvalue weighted by Gasteiger charge is 2.32. The second-order valence-electron chi connectivity index (χ2n) is 5.96. The molecule has 2 atom stereocenters. The lowest BCUT2D eigenvalue weighted by Gasteiger charge is -2.19. The molecule has 1 saturated heterocycles. The summed E-state index contributed by atoms with van der Waals surface area (Å²) in [6.45, 7) is 4.19. The number of hydrogen-bond donors (Lipinski definition) is 1. The van der Waals surface area contributed by atoms with Crippen LogP contribution in [0.2, 0.25) is 0 Å². The van der Waals surface area contributed by atoms with E-state index < -0.39 is 13.0 Å². The Morgan fingerprint density at radius 1 is 1.54 bits per heavy atom. The molecule has 1 N–H and O–H groups in total. The summed E-state index contributed by atoms with van der Waals surface area (Å²) >= 11 is 1.10. The van der Waals surface area contributed by atoms with Gasteiger partial charge in [-0.3, -0.25) is 9.69 Å². The van der Waals surface area contributed by atoms with Crippen molar-refractivity contribution in [1.29, 1.82) is 0 Å². The third-order valence-electron chi connectivity index (χ3n) is 3.95. The Labute approximate surface area is 158 Å². The lowest BCUT2D eigenvalue weighted by Crippen LogP contribution is -2.28. The Balaban J connectivity index is 1.61. The van der Waals surface area contributed by atoms with E-state index in [4.69, 9.17) is 13.6 Å². The second-order valence-corrected chi connectivity index (χ2v) is 7.05. The number of nitrogens with one attached hydrogen (secondary N) is 1. The minimum absolute atomic E-state index is 0.102. The molecular formula is C16H20FN5O3S. The van der Waals surface area contributed by atoms with Crippen molar-refractivity contribution in [3.8, 4) is 11.8 Å². The van der Waals surface area contributed by atoms with Crippen molar-refractivity contribution in [3.63, 3.8) is 0 Å². The Hall–Kier alpha value is -2.33. The summed E-state index contributed by atoms with van der Waals surface area (Å²) in [5, 5.41) is 2.71. The summed E-state index contributed by atoms with van der Waals surface area (Å²) in [4.78, 5) is 25.0. The number of anilines is 1. The fourth-order valence-electron chi connectivity index (χ4n) is 2.78. The molecule has 26 heavy (non-hydrogen) atoms. The molecule has 10 heteroatoms. The molecule has 0 bridgehead atoms. The van der Waals surface area contributed by atoms with Crippen LogP contribution >= 0.6 is 11.3 Å². The summed E-state index contributed by atoms with van der Waals surface area (Å²) in [6, 6.07) is 1.44. The summed E-state index contributed by atoms with van der Waals surface area (Å²) in [7, 11) is -2.61. The third-order valence-corrected chi connectivity index (χ3v) is 4.88. The van der Waals surface area contributed by atoms with Crippen LogP contribution in [0.3, 0.4) is 0 Å². The third kappa shape index (κ3) is 4.44. The second kappa shape index (κ2) is 7.92. The molecule has 1 amide bonds. The molecule has 1 aliphatic rings. The monoisotopic (exact) mass is 384 g/mol. The van der Waals surface area contributed by atoms with Gasteiger partial charge in [-0.1, -0.05) is 11.3 Å². The molecule has 0 saturated carbocycles. The van der Waals surface area contributed by atoms with E-state index in [9.17, 15) is 9.18 Å². The highest BCUT2D eigenvalue weighted by Crippen LogP contribution is 2.28. The maximum atomic E-state index is 14.1. The van der Waals surface area contributed by atoms with Crippen molar-refractivity contribution in [2.45, 2.75) is 39.0 Å². The maximum absolute atomic E-state index is 14.1. The Kier molecular flexibility index (Phi) is 4.51. The summed E-state index contributed by atoms with van der Waals surface area (Å²) in [5.74, 6) is -0.803. The van der Waals surface area contributed by atoms with Gasteiger partial charge in [-0.15, -0.1) is 0 Å². The molecule has 0 spiro atoms. The van der Waals surface area contributed by atoms with Crippen molar-refractivity contribution in [1.82, 2.24) is 19.9 Å². The molecule has 0 aliphatic carbocycles. The molecule has 1 fully saturated rings. The van der Waals surface area contributed by atoms with Gasteiger partial charge in [0.25, 0.3) is 0 Å². The number of methoxy groups -OCH3 is 1. The molecule has 0 radical (unpaired) electrons. The van der Waals surface area contributed by atoms with E-state index in [-0.39, 0.29) is 34.9 Å². The number of likely N-dealkylation sites (tertiary alicyclic amines) is 1.